The van der Waals surface area contributed by atoms with E-state index >= 15 is 0 Å². The van der Waals surface area contributed by atoms with Crippen molar-refractivity contribution in [2.45, 2.75) is 32.1 Å². The van der Waals surface area contributed by atoms with Gasteiger partial charge in [0.1, 0.15) is 5.82 Å². The van der Waals surface area contributed by atoms with E-state index in [2.05, 4.69) is 30.5 Å². The van der Waals surface area contributed by atoms with E-state index in [0.29, 0.717) is 0 Å². The van der Waals surface area contributed by atoms with Crippen molar-refractivity contribution in [1.29, 1.82) is 5.26 Å². The molecule has 0 aromatic carbocycles. The molecule has 0 N–H and O–H groups in total. The maximum atomic E-state index is 9.41. The van der Waals surface area contributed by atoms with Crippen molar-refractivity contribution in [2.75, 3.05) is 65.4 Å². The minimum absolute atomic E-state index is 0.264. The van der Waals surface area contributed by atoms with Gasteiger partial charge in [-0.3, -0.25) is 0 Å². The van der Waals surface area contributed by atoms with Crippen LogP contribution in [0.5, 0.6) is 0 Å². The topological polar surface area (TPSA) is 41.1 Å². The van der Waals surface area contributed by atoms with Gasteiger partial charge >= 0.3 is 5.70 Å². The van der Waals surface area contributed by atoms with Gasteiger partial charge in [-0.05, 0) is 64.8 Å². The Balaban J connectivity index is 1.56. The summed E-state index contributed by atoms with van der Waals surface area (Å²) in [6.45, 7) is 18.2. The van der Waals surface area contributed by atoms with Crippen molar-refractivity contribution in [3.8, 4) is 6.07 Å². The van der Waals surface area contributed by atoms with Crippen LogP contribution in [0.4, 0.5) is 0 Å². The molecule has 0 atom stereocenters. The van der Waals surface area contributed by atoms with Crippen molar-refractivity contribution in [2.24, 2.45) is 0 Å². The molecular formula is C19H30N6. The van der Waals surface area contributed by atoms with Gasteiger partial charge in [0.15, 0.2) is 0 Å². The maximum Gasteiger partial charge on any atom is 0.300 e. The Hall–Kier alpha value is -1.76. The van der Waals surface area contributed by atoms with Crippen molar-refractivity contribution in [3.05, 3.63) is 22.9 Å². The van der Waals surface area contributed by atoms with Gasteiger partial charge in [0, 0.05) is 32.7 Å². The largest absolute Gasteiger partial charge is 0.365 e. The van der Waals surface area contributed by atoms with Gasteiger partial charge in [-0.15, -0.1) is 0 Å². The van der Waals surface area contributed by atoms with Gasteiger partial charge in [-0.25, -0.2) is 10.1 Å². The number of allylic oxidation sites excluding steroid dienone is 1. The zero-order valence-electron chi connectivity index (χ0n) is 15.3. The molecule has 0 unspecified atom stereocenters. The van der Waals surface area contributed by atoms with E-state index in [9.17, 15) is 5.26 Å². The summed E-state index contributed by atoms with van der Waals surface area (Å²) in [5.41, 5.74) is 0.264. The first-order valence-corrected chi connectivity index (χ1v) is 9.78. The Labute approximate surface area is 152 Å². The quantitative estimate of drug-likeness (QED) is 0.521. The molecule has 0 bridgehead atoms. The second-order valence-corrected chi connectivity index (χ2v) is 7.32. The van der Waals surface area contributed by atoms with E-state index in [4.69, 9.17) is 6.57 Å². The summed E-state index contributed by atoms with van der Waals surface area (Å²) in [5, 5.41) is 9.41. The first-order chi connectivity index (χ1) is 12.3. The van der Waals surface area contributed by atoms with Crippen LogP contribution in [0.15, 0.2) is 11.5 Å². The van der Waals surface area contributed by atoms with Crippen LogP contribution in [0, 0.1) is 17.9 Å². The lowest BCUT2D eigenvalue weighted by molar-refractivity contribution is 0.260. The predicted octanol–water partition coefficient (Wildman–Crippen LogP) is 1.80. The van der Waals surface area contributed by atoms with Gasteiger partial charge in [-0.2, -0.15) is 0 Å². The molecule has 136 valence electrons. The van der Waals surface area contributed by atoms with Gasteiger partial charge in [-0.1, -0.05) is 0 Å². The van der Waals surface area contributed by atoms with Crippen molar-refractivity contribution in [3.63, 3.8) is 0 Å². The SMILES string of the molecule is [C-]#[N+]C(C#N)=C1N(CCCN2CCCC2)CCN1CCN1CCCC1. The highest BCUT2D eigenvalue weighted by molar-refractivity contribution is 5.33. The molecule has 0 spiro atoms. The molecule has 3 saturated heterocycles. The number of nitrogens with zero attached hydrogens (tertiary/aromatic N) is 6. The van der Waals surface area contributed by atoms with Crippen LogP contribution in [0.2, 0.25) is 0 Å². The summed E-state index contributed by atoms with van der Waals surface area (Å²) in [5.74, 6) is 0.887. The minimum Gasteiger partial charge on any atom is -0.365 e. The summed E-state index contributed by atoms with van der Waals surface area (Å²) in [6.07, 6.45) is 6.37. The lowest BCUT2D eigenvalue weighted by Crippen LogP contribution is -2.33. The highest BCUT2D eigenvalue weighted by atomic mass is 15.4. The fourth-order valence-corrected chi connectivity index (χ4v) is 4.27. The fraction of sp³-hybridized carbons (Fsp3) is 0.789. The zero-order valence-corrected chi connectivity index (χ0v) is 15.3. The van der Waals surface area contributed by atoms with E-state index in [1.54, 1.807) is 0 Å². The number of hydrogen-bond acceptors (Lipinski definition) is 5. The molecule has 6 nitrogen and oxygen atoms in total. The summed E-state index contributed by atoms with van der Waals surface area (Å²) < 4.78 is 0. The Bertz CT molecular complexity index is 529. The van der Waals surface area contributed by atoms with Crippen molar-refractivity contribution >= 4 is 0 Å². The van der Waals surface area contributed by atoms with E-state index in [0.717, 1.165) is 51.5 Å². The van der Waals surface area contributed by atoms with Crippen LogP contribution in [-0.2, 0) is 0 Å². The van der Waals surface area contributed by atoms with Crippen LogP contribution < -0.4 is 0 Å². The second-order valence-electron chi connectivity index (χ2n) is 7.32. The van der Waals surface area contributed by atoms with E-state index in [1.807, 2.05) is 0 Å². The lowest BCUT2D eigenvalue weighted by atomic mass is 10.3. The number of hydrogen-bond donors (Lipinski definition) is 0. The molecule has 0 aromatic rings. The Morgan fingerprint density at radius 3 is 1.96 bits per heavy atom. The molecule has 3 rings (SSSR count). The fourth-order valence-electron chi connectivity index (χ4n) is 4.27. The maximum absolute atomic E-state index is 9.41. The summed E-state index contributed by atoms with van der Waals surface area (Å²) in [7, 11) is 0. The summed E-state index contributed by atoms with van der Waals surface area (Å²) in [6, 6.07) is 2.13. The van der Waals surface area contributed by atoms with Gasteiger partial charge in [0.25, 0.3) is 0 Å². The molecular weight excluding hydrogens is 312 g/mol. The average Bonchev–Trinajstić information content (AvgIpc) is 3.37. The normalized spacial score (nSPS) is 23.9. The molecule has 0 amide bonds. The average molecular weight is 342 g/mol. The van der Waals surface area contributed by atoms with Crippen LogP contribution in [0.25, 0.3) is 4.85 Å². The van der Waals surface area contributed by atoms with E-state index in [1.165, 1.54) is 51.9 Å². The Morgan fingerprint density at radius 2 is 1.40 bits per heavy atom. The third-order valence-electron chi connectivity index (χ3n) is 5.65. The molecule has 6 heteroatoms. The first-order valence-electron chi connectivity index (χ1n) is 9.78. The molecule has 3 fully saturated rings. The molecule has 3 heterocycles. The second kappa shape index (κ2) is 9.08. The minimum atomic E-state index is 0.264. The first kappa shape index (κ1) is 18.0. The van der Waals surface area contributed by atoms with Crippen molar-refractivity contribution in [1.82, 2.24) is 19.6 Å². The van der Waals surface area contributed by atoms with Crippen LogP contribution >= 0.6 is 0 Å². The van der Waals surface area contributed by atoms with E-state index < -0.39 is 0 Å². The highest BCUT2D eigenvalue weighted by Gasteiger charge is 2.28. The van der Waals surface area contributed by atoms with Crippen LogP contribution in [0.1, 0.15) is 32.1 Å². The summed E-state index contributed by atoms with van der Waals surface area (Å²) >= 11 is 0. The van der Waals surface area contributed by atoms with E-state index in [-0.39, 0.29) is 5.70 Å². The lowest BCUT2D eigenvalue weighted by Gasteiger charge is -2.27. The molecule has 0 saturated carbocycles. The van der Waals surface area contributed by atoms with Crippen LogP contribution in [0.3, 0.4) is 0 Å². The molecule has 0 radical (unpaired) electrons. The zero-order chi connectivity index (χ0) is 17.5. The monoisotopic (exact) mass is 342 g/mol. The molecule has 3 aliphatic rings. The third-order valence-corrected chi connectivity index (χ3v) is 5.65. The van der Waals surface area contributed by atoms with Gasteiger partial charge in [0.05, 0.1) is 12.6 Å². The van der Waals surface area contributed by atoms with Gasteiger partial charge < -0.3 is 19.6 Å². The predicted molar refractivity (Wildman–Crippen MR) is 98.4 cm³/mol. The Kier molecular flexibility index (Phi) is 6.55. The summed E-state index contributed by atoms with van der Waals surface area (Å²) in [4.78, 5) is 13.1. The number of likely N-dealkylation sites (tertiary alicyclic amines) is 2. The molecule has 3 aliphatic heterocycles. The number of nitriles is 1. The standard InChI is InChI=1S/C19H30N6/c1-21-18(17-20)19-24(12-6-11-22-7-2-3-8-22)15-16-25(19)14-13-23-9-4-5-10-23/h2-16H2. The molecule has 25 heavy (non-hydrogen) atoms. The smallest absolute Gasteiger partial charge is 0.300 e. The molecule has 0 aliphatic carbocycles. The van der Waals surface area contributed by atoms with Crippen LogP contribution in [-0.4, -0.2) is 85.0 Å². The Morgan fingerprint density at radius 1 is 0.840 bits per heavy atom. The third kappa shape index (κ3) is 4.66. The highest BCUT2D eigenvalue weighted by Crippen LogP contribution is 2.23. The van der Waals surface area contributed by atoms with Gasteiger partial charge in [0.2, 0.25) is 0 Å². The molecule has 0 aromatic heterocycles. The van der Waals surface area contributed by atoms with Crippen molar-refractivity contribution < 1.29 is 0 Å². The number of rotatable bonds is 7.